The van der Waals surface area contributed by atoms with E-state index in [1.54, 1.807) is 35.1 Å². The fourth-order valence-corrected chi connectivity index (χ4v) is 9.24. The van der Waals surface area contributed by atoms with Crippen molar-refractivity contribution in [3.8, 4) is 0 Å². The van der Waals surface area contributed by atoms with Gasteiger partial charge in [-0.3, -0.25) is 39.2 Å². The number of rotatable bonds is 15. The third kappa shape index (κ3) is 10.6. The van der Waals surface area contributed by atoms with Crippen LogP contribution in [-0.4, -0.2) is 113 Å². The molecule has 12 nitrogen and oxygen atoms in total. The van der Waals surface area contributed by atoms with E-state index in [1.165, 1.54) is 6.08 Å². The number of nitrogens with one attached hydrogen (secondary N) is 2. The number of pyridine rings is 1. The van der Waals surface area contributed by atoms with Gasteiger partial charge in [-0.25, -0.2) is 0 Å². The van der Waals surface area contributed by atoms with Crippen molar-refractivity contribution in [3.05, 3.63) is 107 Å². The second kappa shape index (κ2) is 19.9. The van der Waals surface area contributed by atoms with Gasteiger partial charge in [-0.1, -0.05) is 24.3 Å². The molecule has 7 rings (SSSR count). The van der Waals surface area contributed by atoms with E-state index in [1.807, 2.05) is 47.4 Å². The van der Waals surface area contributed by atoms with E-state index in [0.717, 1.165) is 111 Å². The van der Waals surface area contributed by atoms with Crippen molar-refractivity contribution < 1.29 is 24.0 Å². The maximum atomic E-state index is 13.3. The molecule has 13 heteroatoms. The summed E-state index contributed by atoms with van der Waals surface area (Å²) in [6.45, 7) is 7.37. The number of imide groups is 1. The van der Waals surface area contributed by atoms with Crippen LogP contribution >= 0.6 is 11.8 Å². The molecule has 5 heterocycles. The molecule has 3 fully saturated rings. The van der Waals surface area contributed by atoms with Crippen LogP contribution in [0.1, 0.15) is 76.8 Å². The molecule has 0 spiro atoms. The van der Waals surface area contributed by atoms with Crippen molar-refractivity contribution in [3.63, 3.8) is 0 Å². The predicted molar refractivity (Wildman–Crippen MR) is 226 cm³/mol. The molecule has 304 valence electrons. The molecule has 1 aromatic heterocycles. The number of amides is 5. The van der Waals surface area contributed by atoms with Gasteiger partial charge in [0.2, 0.25) is 17.7 Å². The third-order valence-electron chi connectivity index (χ3n) is 11.6. The van der Waals surface area contributed by atoms with Gasteiger partial charge in [0.1, 0.15) is 6.04 Å². The zero-order valence-electron chi connectivity index (χ0n) is 33.0. The fraction of sp³-hybridized carbons (Fsp3) is 0.422. The number of aromatic nitrogens is 1. The van der Waals surface area contributed by atoms with Gasteiger partial charge < -0.3 is 20.0 Å². The van der Waals surface area contributed by atoms with E-state index in [2.05, 4.69) is 49.7 Å². The second-order valence-corrected chi connectivity index (χ2v) is 16.6. The van der Waals surface area contributed by atoms with Crippen LogP contribution in [0.4, 0.5) is 5.69 Å². The Labute approximate surface area is 345 Å². The van der Waals surface area contributed by atoms with Crippen LogP contribution in [0.5, 0.6) is 0 Å². The molecule has 3 aromatic rings. The molecule has 0 saturated carbocycles. The number of carbonyl (C=O) groups is 5. The van der Waals surface area contributed by atoms with Crippen LogP contribution < -0.4 is 15.5 Å². The van der Waals surface area contributed by atoms with Gasteiger partial charge in [0.25, 0.3) is 11.8 Å². The van der Waals surface area contributed by atoms with E-state index in [-0.39, 0.29) is 36.0 Å². The predicted octanol–water partition coefficient (Wildman–Crippen LogP) is 5.17. The Morgan fingerprint density at radius 3 is 2.47 bits per heavy atom. The van der Waals surface area contributed by atoms with Crippen molar-refractivity contribution in [1.82, 2.24) is 30.3 Å². The summed E-state index contributed by atoms with van der Waals surface area (Å²) in [5.74, 6) is 0.672. The maximum Gasteiger partial charge on any atom is 0.255 e. The Morgan fingerprint density at radius 1 is 0.897 bits per heavy atom. The number of likely N-dealkylation sites (tertiary alicyclic amines) is 1. The van der Waals surface area contributed by atoms with Crippen LogP contribution in [0.15, 0.2) is 90.1 Å². The summed E-state index contributed by atoms with van der Waals surface area (Å²) >= 11 is 1.78. The average molecular weight is 804 g/mol. The molecule has 2 N–H and O–H groups in total. The molecule has 0 radical (unpaired) electrons. The molecular weight excluding hydrogens is 751 g/mol. The number of unbranched alkanes of at least 4 members (excludes halogenated alkanes) is 1. The molecule has 2 aromatic carbocycles. The van der Waals surface area contributed by atoms with Gasteiger partial charge in [0.05, 0.1) is 0 Å². The number of anilines is 1. The molecule has 4 aliphatic rings. The lowest BCUT2D eigenvalue weighted by atomic mass is 9.93. The number of fused-ring (bicyclic) bond motifs is 1. The lowest BCUT2D eigenvalue weighted by Crippen LogP contribution is -2.52. The van der Waals surface area contributed by atoms with E-state index < -0.39 is 6.04 Å². The van der Waals surface area contributed by atoms with Crippen molar-refractivity contribution in [2.75, 3.05) is 63.0 Å². The maximum absolute atomic E-state index is 13.3. The monoisotopic (exact) mass is 803 g/mol. The normalized spacial score (nSPS) is 19.3. The summed E-state index contributed by atoms with van der Waals surface area (Å²) in [6.07, 6.45) is 16.5. The minimum Gasteiger partial charge on any atom is -0.369 e. The molecule has 58 heavy (non-hydrogen) atoms. The molecule has 0 aliphatic carbocycles. The van der Waals surface area contributed by atoms with Crippen molar-refractivity contribution in [1.29, 1.82) is 0 Å². The Hall–Kier alpha value is -5.27. The highest BCUT2D eigenvalue weighted by Crippen LogP contribution is 2.35. The summed E-state index contributed by atoms with van der Waals surface area (Å²) in [7, 11) is 0. The molecule has 1 atom stereocenters. The van der Waals surface area contributed by atoms with Crippen molar-refractivity contribution in [2.24, 2.45) is 5.92 Å². The summed E-state index contributed by atoms with van der Waals surface area (Å²) in [5.41, 5.74) is 4.44. The number of thioether (sulfide) groups is 1. The zero-order valence-corrected chi connectivity index (χ0v) is 33.8. The summed E-state index contributed by atoms with van der Waals surface area (Å²) in [4.78, 5) is 76.3. The highest BCUT2D eigenvalue weighted by molar-refractivity contribution is 7.99. The molecule has 0 bridgehead atoms. The minimum absolute atomic E-state index is 0.102. The molecular formula is C45H53N7O5S. The molecule has 4 aliphatic heterocycles. The zero-order chi connectivity index (χ0) is 40.3. The van der Waals surface area contributed by atoms with Crippen molar-refractivity contribution >= 4 is 53.1 Å². The quantitative estimate of drug-likeness (QED) is 0.0703. The first-order valence-corrected chi connectivity index (χ1v) is 21.6. The molecule has 5 amide bonds. The number of hydrogen-bond acceptors (Lipinski definition) is 9. The van der Waals surface area contributed by atoms with E-state index >= 15 is 0 Å². The fourth-order valence-electron chi connectivity index (χ4n) is 8.15. The van der Waals surface area contributed by atoms with Gasteiger partial charge in [-0.15, -0.1) is 11.8 Å². The summed E-state index contributed by atoms with van der Waals surface area (Å²) in [5, 5.41) is 5.25. The number of carbonyl (C=O) groups excluding carboxylic acids is 5. The minimum atomic E-state index is -0.596. The topological polar surface area (TPSA) is 135 Å². The van der Waals surface area contributed by atoms with E-state index in [4.69, 9.17) is 0 Å². The summed E-state index contributed by atoms with van der Waals surface area (Å²) in [6, 6.07) is 17.1. The number of piperidine rings is 2. The van der Waals surface area contributed by atoms with Crippen LogP contribution in [-0.2, 0) is 20.9 Å². The SMILES string of the molecule is O=C(/C=C/c1cccnc1)NC/C=C/CC1CCN(C(=O)c2ccc(N3CCN(CCCCSc4cccc5c4CN(C4CCC(=O)NC4=O)C5=O)CC3)cc2)CC1. The average Bonchev–Trinajstić information content (AvgIpc) is 3.59. The van der Waals surface area contributed by atoms with E-state index in [0.29, 0.717) is 31.0 Å². The number of hydrogen-bond donors (Lipinski definition) is 2. The van der Waals surface area contributed by atoms with Gasteiger partial charge in [-0.2, -0.15) is 0 Å². The first kappa shape index (κ1) is 40.9. The van der Waals surface area contributed by atoms with Gasteiger partial charge in [0, 0.05) is 99.0 Å². The highest BCUT2D eigenvalue weighted by Gasteiger charge is 2.39. The summed E-state index contributed by atoms with van der Waals surface area (Å²) < 4.78 is 0. The van der Waals surface area contributed by atoms with Crippen LogP contribution in [0.3, 0.4) is 0 Å². The second-order valence-electron chi connectivity index (χ2n) is 15.4. The third-order valence-corrected chi connectivity index (χ3v) is 12.7. The molecule has 3 saturated heterocycles. The number of piperazine rings is 1. The molecule has 1 unspecified atom stereocenters. The van der Waals surface area contributed by atoms with Gasteiger partial charge >= 0.3 is 0 Å². The van der Waals surface area contributed by atoms with Crippen LogP contribution in [0, 0.1) is 5.92 Å². The first-order chi connectivity index (χ1) is 28.3. The van der Waals surface area contributed by atoms with Gasteiger partial charge in [-0.05, 0) is 116 Å². The lowest BCUT2D eigenvalue weighted by Gasteiger charge is -2.36. The van der Waals surface area contributed by atoms with Gasteiger partial charge in [0.15, 0.2) is 0 Å². The van der Waals surface area contributed by atoms with E-state index in [9.17, 15) is 24.0 Å². The lowest BCUT2D eigenvalue weighted by molar-refractivity contribution is -0.137. The number of nitrogens with zero attached hydrogens (tertiary/aromatic N) is 5. The number of benzene rings is 2. The Bertz CT molecular complexity index is 1990. The van der Waals surface area contributed by atoms with Crippen molar-refractivity contribution in [2.45, 2.75) is 62.4 Å². The van der Waals surface area contributed by atoms with Crippen LogP contribution in [0.25, 0.3) is 6.08 Å². The Morgan fingerprint density at radius 2 is 1.71 bits per heavy atom. The Balaban J connectivity index is 0.759. The largest absolute Gasteiger partial charge is 0.369 e. The standard InChI is InChI=1S/C45H53N7O5S/c53-41(17-11-34-8-6-21-46-31-34)47-22-2-1-7-33-19-24-51(25-20-33)44(56)35-12-14-36(15-13-35)50-28-26-49(27-29-50)23-3-4-30-58-40-10-5-9-37-38(40)32-52(45(37)57)39-16-18-42(54)48-43(39)55/h1-2,5-6,8-15,17,21,31,33,39H,3-4,7,16,18-20,22-30,32H2,(H,47,53)(H,48,54,55)/b2-1+,17-11+. The van der Waals surface area contributed by atoms with Crippen LogP contribution in [0.2, 0.25) is 0 Å². The highest BCUT2D eigenvalue weighted by atomic mass is 32.2. The Kier molecular flexibility index (Phi) is 14.1. The first-order valence-electron chi connectivity index (χ1n) is 20.6. The number of allylic oxidation sites excluding steroid dienone is 1. The smallest absolute Gasteiger partial charge is 0.255 e.